The summed E-state index contributed by atoms with van der Waals surface area (Å²) in [7, 11) is 0. The number of hydrogen-bond donors (Lipinski definition) is 2. The second kappa shape index (κ2) is 5.14. The van der Waals surface area contributed by atoms with Gasteiger partial charge in [0, 0.05) is 10.9 Å². The van der Waals surface area contributed by atoms with Crippen LogP contribution in [0.4, 0.5) is 4.39 Å². The Morgan fingerprint density at radius 1 is 1.33 bits per heavy atom. The van der Waals surface area contributed by atoms with Crippen molar-refractivity contribution in [2.75, 3.05) is 0 Å². The molecule has 2 N–H and O–H groups in total. The first-order valence-electron chi connectivity index (χ1n) is 6.18. The van der Waals surface area contributed by atoms with Crippen molar-refractivity contribution >= 4 is 11.3 Å². The quantitative estimate of drug-likeness (QED) is 0.763. The maximum Gasteiger partial charge on any atom is 0.262 e. The van der Waals surface area contributed by atoms with E-state index in [1.165, 1.54) is 29.5 Å². The van der Waals surface area contributed by atoms with Gasteiger partial charge in [-0.1, -0.05) is 12.1 Å². The molecular formula is C15H11FN2O2S. The molecule has 3 aromatic rings. The van der Waals surface area contributed by atoms with Crippen LogP contribution in [-0.4, -0.2) is 15.1 Å². The fraction of sp³-hybridized carbons (Fsp3) is 0.0667. The highest BCUT2D eigenvalue weighted by Gasteiger charge is 2.15. The predicted molar refractivity (Wildman–Crippen MR) is 80.0 cm³/mol. The van der Waals surface area contributed by atoms with Crippen molar-refractivity contribution in [3.8, 4) is 28.4 Å². The molecule has 0 atom stereocenters. The van der Waals surface area contributed by atoms with Crippen molar-refractivity contribution in [1.29, 1.82) is 0 Å². The summed E-state index contributed by atoms with van der Waals surface area (Å²) in [6.45, 7) is 1.89. The number of aromatic nitrogens is 2. The first-order chi connectivity index (χ1) is 10.1. The topological polar surface area (TPSA) is 66.0 Å². The summed E-state index contributed by atoms with van der Waals surface area (Å²) in [4.78, 5) is 18.9. The molecule has 21 heavy (non-hydrogen) atoms. The second-order valence-electron chi connectivity index (χ2n) is 4.59. The van der Waals surface area contributed by atoms with Crippen molar-refractivity contribution in [2.24, 2.45) is 0 Å². The number of benzene rings is 1. The number of hydrogen-bond acceptors (Lipinski definition) is 4. The first-order valence-corrected chi connectivity index (χ1v) is 7.13. The largest absolute Gasteiger partial charge is 0.493 e. The SMILES string of the molecule is Cc1cscc1-c1nc(O)c(-c2cccc(F)c2)c(=O)[nH]1. The number of nitrogens with zero attached hydrogens (tertiary/aromatic N) is 1. The van der Waals surface area contributed by atoms with Crippen LogP contribution < -0.4 is 5.56 Å². The van der Waals surface area contributed by atoms with Gasteiger partial charge in [0.05, 0.1) is 0 Å². The molecular weight excluding hydrogens is 291 g/mol. The highest BCUT2D eigenvalue weighted by molar-refractivity contribution is 7.08. The summed E-state index contributed by atoms with van der Waals surface area (Å²) in [5.41, 5.74) is 1.47. The number of aromatic hydroxyl groups is 1. The number of aryl methyl sites for hydroxylation is 1. The maximum atomic E-state index is 13.3. The average molecular weight is 302 g/mol. The standard InChI is InChI=1S/C15H11FN2O2S/c1-8-6-21-7-11(8)13-17-14(19)12(15(20)18-13)9-3-2-4-10(16)5-9/h2-7H,1H3,(H2,17,18,19,20). The molecule has 2 heterocycles. The minimum atomic E-state index is -0.506. The van der Waals surface area contributed by atoms with Crippen LogP contribution in [0.15, 0.2) is 39.8 Å². The van der Waals surface area contributed by atoms with Gasteiger partial charge in [-0.3, -0.25) is 4.79 Å². The average Bonchev–Trinajstić information content (AvgIpc) is 2.84. The van der Waals surface area contributed by atoms with Gasteiger partial charge in [-0.25, -0.2) is 4.39 Å². The minimum Gasteiger partial charge on any atom is -0.493 e. The minimum absolute atomic E-state index is 0.0360. The van der Waals surface area contributed by atoms with Gasteiger partial charge in [0.15, 0.2) is 0 Å². The zero-order valence-electron chi connectivity index (χ0n) is 11.1. The zero-order valence-corrected chi connectivity index (χ0v) is 11.9. The molecule has 1 aromatic carbocycles. The monoisotopic (exact) mass is 302 g/mol. The Morgan fingerprint density at radius 2 is 2.14 bits per heavy atom. The third kappa shape index (κ3) is 2.45. The molecule has 0 spiro atoms. The number of H-pyrrole nitrogens is 1. The molecule has 0 fully saturated rings. The third-order valence-corrected chi connectivity index (χ3v) is 3.99. The van der Waals surface area contributed by atoms with E-state index in [-0.39, 0.29) is 11.1 Å². The van der Waals surface area contributed by atoms with E-state index in [0.717, 1.165) is 11.1 Å². The van der Waals surface area contributed by atoms with Gasteiger partial charge in [-0.2, -0.15) is 16.3 Å². The van der Waals surface area contributed by atoms with Crippen LogP contribution in [0.5, 0.6) is 5.88 Å². The Morgan fingerprint density at radius 3 is 2.76 bits per heavy atom. The normalized spacial score (nSPS) is 10.8. The summed E-state index contributed by atoms with van der Waals surface area (Å²) >= 11 is 1.48. The molecule has 4 nitrogen and oxygen atoms in total. The molecule has 0 aliphatic rings. The lowest BCUT2D eigenvalue weighted by molar-refractivity contribution is 0.454. The van der Waals surface area contributed by atoms with Gasteiger partial charge >= 0.3 is 0 Å². The number of thiophene rings is 1. The van der Waals surface area contributed by atoms with E-state index < -0.39 is 17.3 Å². The number of nitrogens with one attached hydrogen (secondary N) is 1. The summed E-state index contributed by atoms with van der Waals surface area (Å²) in [6, 6.07) is 5.47. The fourth-order valence-corrected chi connectivity index (χ4v) is 2.93. The highest BCUT2D eigenvalue weighted by Crippen LogP contribution is 2.28. The van der Waals surface area contributed by atoms with Gasteiger partial charge in [-0.05, 0) is 35.6 Å². The van der Waals surface area contributed by atoms with E-state index in [2.05, 4.69) is 9.97 Å². The Bertz CT molecular complexity index is 870. The van der Waals surface area contributed by atoms with E-state index in [1.54, 1.807) is 6.07 Å². The molecule has 2 aromatic heterocycles. The lowest BCUT2D eigenvalue weighted by Crippen LogP contribution is -2.12. The molecule has 0 saturated carbocycles. The van der Waals surface area contributed by atoms with Crippen LogP contribution in [0.1, 0.15) is 5.56 Å². The zero-order chi connectivity index (χ0) is 15.0. The van der Waals surface area contributed by atoms with E-state index >= 15 is 0 Å². The molecule has 3 rings (SSSR count). The van der Waals surface area contributed by atoms with Gasteiger partial charge in [0.1, 0.15) is 17.2 Å². The van der Waals surface area contributed by atoms with Gasteiger partial charge in [0.25, 0.3) is 5.56 Å². The number of aromatic amines is 1. The van der Waals surface area contributed by atoms with Crippen LogP contribution in [0.3, 0.4) is 0 Å². The van der Waals surface area contributed by atoms with Crippen LogP contribution >= 0.6 is 11.3 Å². The number of halogens is 1. The lowest BCUT2D eigenvalue weighted by atomic mass is 10.1. The second-order valence-corrected chi connectivity index (χ2v) is 5.34. The Labute approximate surface area is 123 Å². The molecule has 6 heteroatoms. The molecule has 0 aliphatic carbocycles. The van der Waals surface area contributed by atoms with Crippen molar-refractivity contribution in [1.82, 2.24) is 9.97 Å². The Balaban J connectivity index is 2.18. The van der Waals surface area contributed by atoms with Crippen molar-refractivity contribution in [3.05, 3.63) is 56.8 Å². The predicted octanol–water partition coefficient (Wildman–Crippen LogP) is 3.32. The van der Waals surface area contributed by atoms with E-state index in [1.807, 2.05) is 17.7 Å². The molecule has 106 valence electrons. The van der Waals surface area contributed by atoms with Gasteiger partial charge < -0.3 is 10.1 Å². The van der Waals surface area contributed by atoms with Gasteiger partial charge in [-0.15, -0.1) is 0 Å². The third-order valence-electron chi connectivity index (χ3n) is 3.12. The van der Waals surface area contributed by atoms with Gasteiger partial charge in [0.2, 0.25) is 5.88 Å². The number of rotatable bonds is 2. The Kier molecular flexibility index (Phi) is 3.31. The van der Waals surface area contributed by atoms with Crippen molar-refractivity contribution in [3.63, 3.8) is 0 Å². The van der Waals surface area contributed by atoms with Crippen LogP contribution in [0, 0.1) is 12.7 Å². The molecule has 0 saturated heterocycles. The molecule has 0 unspecified atom stereocenters. The summed E-state index contributed by atoms with van der Waals surface area (Å²) < 4.78 is 13.3. The van der Waals surface area contributed by atoms with E-state index in [4.69, 9.17) is 0 Å². The summed E-state index contributed by atoms with van der Waals surface area (Å²) in [6.07, 6.45) is 0. The molecule has 0 amide bonds. The molecule has 0 aliphatic heterocycles. The Hall–Kier alpha value is -2.47. The molecule has 0 radical (unpaired) electrons. The van der Waals surface area contributed by atoms with Crippen LogP contribution in [0.2, 0.25) is 0 Å². The summed E-state index contributed by atoms with van der Waals surface area (Å²) in [5, 5.41) is 13.8. The van der Waals surface area contributed by atoms with E-state index in [0.29, 0.717) is 5.82 Å². The molecule has 0 bridgehead atoms. The van der Waals surface area contributed by atoms with Crippen molar-refractivity contribution in [2.45, 2.75) is 6.92 Å². The maximum absolute atomic E-state index is 13.3. The lowest BCUT2D eigenvalue weighted by Gasteiger charge is -2.06. The summed E-state index contributed by atoms with van der Waals surface area (Å²) in [5.74, 6) is -0.592. The highest BCUT2D eigenvalue weighted by atomic mass is 32.1. The smallest absolute Gasteiger partial charge is 0.262 e. The van der Waals surface area contributed by atoms with Crippen LogP contribution in [-0.2, 0) is 0 Å². The first kappa shape index (κ1) is 13.5. The fourth-order valence-electron chi connectivity index (χ4n) is 2.10. The van der Waals surface area contributed by atoms with Crippen LogP contribution in [0.25, 0.3) is 22.5 Å². The van der Waals surface area contributed by atoms with Crippen molar-refractivity contribution < 1.29 is 9.50 Å². The van der Waals surface area contributed by atoms with E-state index in [9.17, 15) is 14.3 Å².